The van der Waals surface area contributed by atoms with E-state index in [-0.39, 0.29) is 11.9 Å². The minimum atomic E-state index is -0.404. The van der Waals surface area contributed by atoms with E-state index in [9.17, 15) is 9.90 Å². The highest BCUT2D eigenvalue weighted by Crippen LogP contribution is 2.25. The van der Waals surface area contributed by atoms with Gasteiger partial charge in [0.15, 0.2) is 0 Å². The van der Waals surface area contributed by atoms with Crippen molar-refractivity contribution in [3.8, 4) is 5.88 Å². The molecule has 5 nitrogen and oxygen atoms in total. The van der Waals surface area contributed by atoms with Crippen LogP contribution < -0.4 is 4.74 Å². The molecule has 1 amide bonds. The van der Waals surface area contributed by atoms with Gasteiger partial charge < -0.3 is 14.7 Å². The van der Waals surface area contributed by atoms with Gasteiger partial charge in [-0.2, -0.15) is 0 Å². The smallest absolute Gasteiger partial charge is 0.259 e. The molecule has 0 aromatic carbocycles. The number of hydrogen-bond donors (Lipinski definition) is 1. The van der Waals surface area contributed by atoms with E-state index in [1.54, 1.807) is 25.3 Å². The summed E-state index contributed by atoms with van der Waals surface area (Å²) in [5.41, 5.74) is 0.498. The summed E-state index contributed by atoms with van der Waals surface area (Å²) in [6, 6.07) is 3.58. The molecule has 1 saturated heterocycles. The fourth-order valence-corrected chi connectivity index (χ4v) is 2.95. The third-order valence-corrected chi connectivity index (χ3v) is 3.95. The molecule has 2 atom stereocenters. The summed E-state index contributed by atoms with van der Waals surface area (Å²) in [5.74, 6) is 0.315. The van der Waals surface area contributed by atoms with E-state index in [1.807, 2.05) is 4.90 Å². The molecule has 1 fully saturated rings. The van der Waals surface area contributed by atoms with Crippen LogP contribution in [0.4, 0.5) is 0 Å². The van der Waals surface area contributed by atoms with Crippen LogP contribution in [0.5, 0.6) is 5.88 Å². The molecule has 5 heteroatoms. The zero-order chi connectivity index (χ0) is 15.2. The summed E-state index contributed by atoms with van der Waals surface area (Å²) in [7, 11) is 1.52. The van der Waals surface area contributed by atoms with Crippen molar-refractivity contribution in [3.05, 3.63) is 23.9 Å². The molecule has 1 aromatic rings. The lowest BCUT2D eigenvalue weighted by Gasteiger charge is -2.31. The number of amides is 1. The van der Waals surface area contributed by atoms with E-state index in [1.165, 1.54) is 7.11 Å². The SMILES string of the molecule is COc1ncccc1C(=O)N1CCCCCC1CC(C)O. The predicted octanol–water partition coefficient (Wildman–Crippen LogP) is 2.25. The number of rotatable bonds is 4. The maximum Gasteiger partial charge on any atom is 0.259 e. The Kier molecular flexibility index (Phi) is 5.56. The van der Waals surface area contributed by atoms with Crippen LogP contribution >= 0.6 is 0 Å². The largest absolute Gasteiger partial charge is 0.480 e. The number of methoxy groups -OCH3 is 1. The lowest BCUT2D eigenvalue weighted by Crippen LogP contribution is -2.41. The molecule has 0 saturated carbocycles. The molecule has 1 aliphatic rings. The monoisotopic (exact) mass is 292 g/mol. The van der Waals surface area contributed by atoms with Crippen molar-refractivity contribution < 1.29 is 14.6 Å². The van der Waals surface area contributed by atoms with Gasteiger partial charge in [0.2, 0.25) is 5.88 Å². The molecular weight excluding hydrogens is 268 g/mol. The molecule has 0 aliphatic carbocycles. The van der Waals surface area contributed by atoms with Crippen LogP contribution in [0.1, 0.15) is 49.4 Å². The number of hydrogen-bond acceptors (Lipinski definition) is 4. The van der Waals surface area contributed by atoms with Gasteiger partial charge in [-0.15, -0.1) is 0 Å². The van der Waals surface area contributed by atoms with Crippen LogP contribution in [0, 0.1) is 0 Å². The first-order valence-corrected chi connectivity index (χ1v) is 7.61. The second kappa shape index (κ2) is 7.41. The van der Waals surface area contributed by atoms with Crippen LogP contribution in [0.25, 0.3) is 0 Å². The molecule has 1 aliphatic heterocycles. The van der Waals surface area contributed by atoms with Gasteiger partial charge in [-0.25, -0.2) is 4.98 Å². The Hall–Kier alpha value is -1.62. The standard InChI is InChI=1S/C16H24N2O3/c1-12(19)11-13-7-4-3-5-10-18(13)16(20)14-8-6-9-17-15(14)21-2/h6,8-9,12-13,19H,3-5,7,10-11H2,1-2H3. The normalized spacial score (nSPS) is 20.7. The second-order valence-corrected chi connectivity index (χ2v) is 5.65. The predicted molar refractivity (Wildman–Crippen MR) is 80.4 cm³/mol. The zero-order valence-electron chi connectivity index (χ0n) is 12.8. The minimum absolute atomic E-state index is 0.0486. The van der Waals surface area contributed by atoms with E-state index >= 15 is 0 Å². The number of nitrogens with zero attached hydrogens (tertiary/aromatic N) is 2. The van der Waals surface area contributed by atoms with Crippen LogP contribution in [-0.4, -0.2) is 46.7 Å². The molecule has 1 aromatic heterocycles. The number of aromatic nitrogens is 1. The summed E-state index contributed by atoms with van der Waals surface area (Å²) in [5, 5.41) is 9.69. The van der Waals surface area contributed by atoms with Crippen molar-refractivity contribution in [2.75, 3.05) is 13.7 Å². The summed E-state index contributed by atoms with van der Waals surface area (Å²) in [6.07, 6.45) is 6.01. The van der Waals surface area contributed by atoms with Crippen LogP contribution in [0.2, 0.25) is 0 Å². The van der Waals surface area contributed by atoms with Crippen LogP contribution in [0.15, 0.2) is 18.3 Å². The van der Waals surface area contributed by atoms with E-state index < -0.39 is 6.10 Å². The van der Waals surface area contributed by atoms with Gasteiger partial charge in [-0.3, -0.25) is 4.79 Å². The maximum atomic E-state index is 12.8. The third-order valence-electron chi connectivity index (χ3n) is 3.95. The summed E-state index contributed by atoms with van der Waals surface area (Å²) in [6.45, 7) is 2.51. The number of likely N-dealkylation sites (tertiary alicyclic amines) is 1. The van der Waals surface area contributed by atoms with Gasteiger partial charge in [0.05, 0.1) is 13.2 Å². The molecule has 0 bridgehead atoms. The lowest BCUT2D eigenvalue weighted by molar-refractivity contribution is 0.0603. The highest BCUT2D eigenvalue weighted by Gasteiger charge is 2.29. The summed E-state index contributed by atoms with van der Waals surface area (Å²) >= 11 is 0. The number of pyridine rings is 1. The number of aliphatic hydroxyl groups is 1. The van der Waals surface area contributed by atoms with Crippen molar-refractivity contribution in [2.45, 2.75) is 51.2 Å². The Morgan fingerprint density at radius 1 is 1.52 bits per heavy atom. The Morgan fingerprint density at radius 3 is 3.05 bits per heavy atom. The van der Waals surface area contributed by atoms with Gasteiger partial charge in [0.25, 0.3) is 5.91 Å². The third kappa shape index (κ3) is 3.94. The van der Waals surface area contributed by atoms with E-state index in [4.69, 9.17) is 4.74 Å². The highest BCUT2D eigenvalue weighted by atomic mass is 16.5. The Labute approximate surface area is 125 Å². The van der Waals surface area contributed by atoms with Gasteiger partial charge in [0, 0.05) is 18.8 Å². The number of carbonyl (C=O) groups excluding carboxylic acids is 1. The highest BCUT2D eigenvalue weighted by molar-refractivity contribution is 5.96. The Morgan fingerprint density at radius 2 is 2.33 bits per heavy atom. The van der Waals surface area contributed by atoms with Crippen LogP contribution in [0.3, 0.4) is 0 Å². The first-order valence-electron chi connectivity index (χ1n) is 7.61. The van der Waals surface area contributed by atoms with Crippen molar-refractivity contribution in [1.82, 2.24) is 9.88 Å². The molecule has 1 N–H and O–H groups in total. The molecule has 2 rings (SSSR count). The molecular formula is C16H24N2O3. The van der Waals surface area contributed by atoms with E-state index in [0.717, 1.165) is 32.2 Å². The molecule has 21 heavy (non-hydrogen) atoms. The van der Waals surface area contributed by atoms with Crippen molar-refractivity contribution in [3.63, 3.8) is 0 Å². The average Bonchev–Trinajstić information content (AvgIpc) is 2.71. The zero-order valence-corrected chi connectivity index (χ0v) is 12.8. The van der Waals surface area contributed by atoms with E-state index in [0.29, 0.717) is 17.9 Å². The average molecular weight is 292 g/mol. The number of aliphatic hydroxyl groups excluding tert-OH is 1. The lowest BCUT2D eigenvalue weighted by atomic mass is 10.0. The Balaban J connectivity index is 2.24. The fraction of sp³-hybridized carbons (Fsp3) is 0.625. The van der Waals surface area contributed by atoms with Gasteiger partial charge in [-0.1, -0.05) is 12.8 Å². The molecule has 2 heterocycles. The van der Waals surface area contributed by atoms with Crippen molar-refractivity contribution >= 4 is 5.91 Å². The molecule has 2 unspecified atom stereocenters. The van der Waals surface area contributed by atoms with Gasteiger partial charge in [-0.05, 0) is 38.3 Å². The Bertz CT molecular complexity index is 476. The van der Waals surface area contributed by atoms with Crippen molar-refractivity contribution in [1.29, 1.82) is 0 Å². The first kappa shape index (κ1) is 15.8. The summed E-state index contributed by atoms with van der Waals surface area (Å²) < 4.78 is 5.20. The van der Waals surface area contributed by atoms with Crippen molar-refractivity contribution in [2.24, 2.45) is 0 Å². The van der Waals surface area contributed by atoms with E-state index in [2.05, 4.69) is 4.98 Å². The fourth-order valence-electron chi connectivity index (χ4n) is 2.95. The molecule has 0 radical (unpaired) electrons. The maximum absolute atomic E-state index is 12.8. The number of ether oxygens (including phenoxy) is 1. The quantitative estimate of drug-likeness (QED) is 0.924. The van der Waals surface area contributed by atoms with Gasteiger partial charge in [0.1, 0.15) is 5.56 Å². The summed E-state index contributed by atoms with van der Waals surface area (Å²) in [4.78, 5) is 18.8. The first-order chi connectivity index (χ1) is 10.1. The van der Waals surface area contributed by atoms with Crippen LogP contribution in [-0.2, 0) is 0 Å². The molecule has 0 spiro atoms. The minimum Gasteiger partial charge on any atom is -0.480 e. The molecule has 116 valence electrons. The second-order valence-electron chi connectivity index (χ2n) is 5.65. The number of carbonyl (C=O) groups is 1. The topological polar surface area (TPSA) is 62.7 Å². The van der Waals surface area contributed by atoms with Gasteiger partial charge >= 0.3 is 0 Å².